The number of methoxy groups -OCH3 is 1. The Morgan fingerprint density at radius 1 is 1.18 bits per heavy atom. The average molecular weight is 397 g/mol. The summed E-state index contributed by atoms with van der Waals surface area (Å²) in [6, 6.07) is 9.75. The van der Waals surface area contributed by atoms with Gasteiger partial charge in [0, 0.05) is 24.4 Å². The van der Waals surface area contributed by atoms with Crippen LogP contribution in [0.1, 0.15) is 24.1 Å². The second kappa shape index (κ2) is 8.22. The molecule has 4 rings (SSSR count). The summed E-state index contributed by atoms with van der Waals surface area (Å²) in [5, 5.41) is 5.16. The van der Waals surface area contributed by atoms with E-state index in [1.54, 1.807) is 7.11 Å². The first-order chi connectivity index (χ1) is 13.7. The molecule has 0 spiro atoms. The molecule has 1 aliphatic rings. The van der Waals surface area contributed by atoms with Crippen LogP contribution in [0.3, 0.4) is 0 Å². The summed E-state index contributed by atoms with van der Waals surface area (Å²) in [6.07, 6.45) is 7.53. The lowest BCUT2D eigenvalue weighted by Crippen LogP contribution is -2.03. The van der Waals surface area contributed by atoms with Crippen LogP contribution in [0.15, 0.2) is 41.7 Å². The first-order valence-electron chi connectivity index (χ1n) is 9.36. The van der Waals surface area contributed by atoms with Gasteiger partial charge in [0.1, 0.15) is 12.4 Å². The molecule has 0 N–H and O–H groups in total. The highest BCUT2D eigenvalue weighted by Gasteiger charge is 2.25. The van der Waals surface area contributed by atoms with Crippen molar-refractivity contribution in [2.75, 3.05) is 13.4 Å². The molecule has 2 heterocycles. The molecule has 7 heteroatoms. The molecule has 0 aliphatic heterocycles. The third-order valence-corrected chi connectivity index (χ3v) is 5.47. The average Bonchev–Trinajstić information content (AvgIpc) is 3.48. The first kappa shape index (κ1) is 18.8. The Labute approximate surface area is 169 Å². The number of benzene rings is 1. The van der Waals surface area contributed by atoms with E-state index in [4.69, 9.17) is 14.5 Å². The van der Waals surface area contributed by atoms with Crippen molar-refractivity contribution in [3.63, 3.8) is 0 Å². The van der Waals surface area contributed by atoms with Crippen molar-refractivity contribution in [1.29, 1.82) is 0 Å². The van der Waals surface area contributed by atoms with Gasteiger partial charge in [0.05, 0.1) is 19.0 Å². The van der Waals surface area contributed by atoms with Crippen LogP contribution in [0.25, 0.3) is 11.3 Å². The Hall–Kier alpha value is -2.54. The fourth-order valence-electron chi connectivity index (χ4n) is 3.10. The molecule has 146 valence electrons. The zero-order valence-corrected chi connectivity index (χ0v) is 17.2. The van der Waals surface area contributed by atoms with E-state index in [-0.39, 0.29) is 0 Å². The minimum absolute atomic E-state index is 0.441. The minimum atomic E-state index is 0.441. The van der Waals surface area contributed by atoms with Crippen LogP contribution in [0, 0.1) is 5.92 Å². The zero-order chi connectivity index (χ0) is 19.5. The number of rotatable bonds is 8. The summed E-state index contributed by atoms with van der Waals surface area (Å²) < 4.78 is 13.1. The summed E-state index contributed by atoms with van der Waals surface area (Å²) >= 11 is 1.51. The van der Waals surface area contributed by atoms with Crippen molar-refractivity contribution in [2.24, 2.45) is 13.0 Å². The molecule has 0 amide bonds. The molecule has 0 atom stereocenters. The second-order valence-corrected chi connectivity index (χ2v) is 7.76. The lowest BCUT2D eigenvalue weighted by molar-refractivity contribution is 0.290. The van der Waals surface area contributed by atoms with Gasteiger partial charge in [-0.3, -0.25) is 4.68 Å². The first-order valence-corrected chi connectivity index (χ1v) is 10.6. The fraction of sp³-hybridized carbons (Fsp3) is 0.381. The maximum atomic E-state index is 5.98. The predicted molar refractivity (Wildman–Crippen MR) is 110 cm³/mol. The lowest BCUT2D eigenvalue weighted by atomic mass is 10.1. The van der Waals surface area contributed by atoms with Crippen LogP contribution < -0.4 is 9.47 Å². The number of hydrogen-bond acceptors (Lipinski definition) is 6. The van der Waals surface area contributed by atoms with Gasteiger partial charge in [-0.05, 0) is 49.1 Å². The van der Waals surface area contributed by atoms with Gasteiger partial charge in [0.2, 0.25) is 5.88 Å². The predicted octanol–water partition coefficient (Wildman–Crippen LogP) is 4.14. The standard InChI is InChI=1S/C21H24N4O2S/c1-25-19(10-14-4-5-14)17(12-22-25)18-11-20(24-21(23-18)28-3)27-13-15-6-8-16(26-2)9-7-15/h6-9,11-12,14H,4-5,10,13H2,1-3H3. The van der Waals surface area contributed by atoms with E-state index in [0.29, 0.717) is 17.6 Å². The highest BCUT2D eigenvalue weighted by molar-refractivity contribution is 7.98. The number of thioether (sulfide) groups is 1. The maximum Gasteiger partial charge on any atom is 0.218 e. The Morgan fingerprint density at radius 3 is 2.64 bits per heavy atom. The molecule has 1 aromatic carbocycles. The van der Waals surface area contributed by atoms with Gasteiger partial charge in [-0.25, -0.2) is 4.98 Å². The van der Waals surface area contributed by atoms with Crippen LogP contribution in [0.2, 0.25) is 0 Å². The third kappa shape index (κ3) is 4.30. The third-order valence-electron chi connectivity index (χ3n) is 4.93. The van der Waals surface area contributed by atoms with Crippen LogP contribution in [-0.4, -0.2) is 33.1 Å². The Balaban J connectivity index is 1.57. The molecule has 6 nitrogen and oxygen atoms in total. The molecule has 1 aliphatic carbocycles. The summed E-state index contributed by atoms with van der Waals surface area (Å²) in [7, 11) is 3.66. The summed E-state index contributed by atoms with van der Waals surface area (Å²) in [5.41, 5.74) is 4.23. The van der Waals surface area contributed by atoms with Gasteiger partial charge >= 0.3 is 0 Å². The topological polar surface area (TPSA) is 62.1 Å². The normalized spacial score (nSPS) is 13.5. The summed E-state index contributed by atoms with van der Waals surface area (Å²) in [5.74, 6) is 2.19. The van der Waals surface area contributed by atoms with E-state index in [9.17, 15) is 0 Å². The van der Waals surface area contributed by atoms with E-state index in [1.807, 2.05) is 54.5 Å². The molecule has 0 unspecified atom stereocenters. The van der Waals surface area contributed by atoms with Gasteiger partial charge in [-0.15, -0.1) is 0 Å². The quantitative estimate of drug-likeness (QED) is 0.421. The molecular weight excluding hydrogens is 372 g/mol. The van der Waals surface area contributed by atoms with Crippen molar-refractivity contribution >= 4 is 11.8 Å². The van der Waals surface area contributed by atoms with Crippen LogP contribution in [-0.2, 0) is 20.1 Å². The van der Waals surface area contributed by atoms with Crippen LogP contribution in [0.4, 0.5) is 0 Å². The molecule has 0 radical (unpaired) electrons. The highest BCUT2D eigenvalue weighted by atomic mass is 32.2. The van der Waals surface area contributed by atoms with Crippen molar-refractivity contribution in [1.82, 2.24) is 19.7 Å². The van der Waals surface area contributed by atoms with Gasteiger partial charge in [-0.2, -0.15) is 10.1 Å². The van der Waals surface area contributed by atoms with Gasteiger partial charge in [0.25, 0.3) is 0 Å². The van der Waals surface area contributed by atoms with E-state index in [2.05, 4.69) is 10.1 Å². The van der Waals surface area contributed by atoms with Crippen molar-refractivity contribution < 1.29 is 9.47 Å². The van der Waals surface area contributed by atoms with Gasteiger partial charge in [-0.1, -0.05) is 23.9 Å². The number of ether oxygens (including phenoxy) is 2. The molecule has 2 aromatic heterocycles. The summed E-state index contributed by atoms with van der Waals surface area (Å²) in [6.45, 7) is 0.441. The van der Waals surface area contributed by atoms with Gasteiger partial charge in [0.15, 0.2) is 5.16 Å². The second-order valence-electron chi connectivity index (χ2n) is 6.99. The Morgan fingerprint density at radius 2 is 1.96 bits per heavy atom. The number of aromatic nitrogens is 4. The lowest BCUT2D eigenvalue weighted by Gasteiger charge is -2.10. The van der Waals surface area contributed by atoms with Crippen molar-refractivity contribution in [3.05, 3.63) is 47.8 Å². The molecule has 0 saturated heterocycles. The fourth-order valence-corrected chi connectivity index (χ4v) is 3.47. The number of nitrogens with zero attached hydrogens (tertiary/aromatic N) is 4. The largest absolute Gasteiger partial charge is 0.497 e. The van der Waals surface area contributed by atoms with Crippen LogP contribution in [0.5, 0.6) is 11.6 Å². The van der Waals surface area contributed by atoms with E-state index >= 15 is 0 Å². The number of hydrogen-bond donors (Lipinski definition) is 0. The van der Waals surface area contributed by atoms with E-state index < -0.39 is 0 Å². The van der Waals surface area contributed by atoms with E-state index in [1.165, 1.54) is 30.3 Å². The maximum absolute atomic E-state index is 5.98. The smallest absolute Gasteiger partial charge is 0.218 e. The monoisotopic (exact) mass is 396 g/mol. The highest BCUT2D eigenvalue weighted by Crippen LogP contribution is 2.36. The molecule has 1 saturated carbocycles. The zero-order valence-electron chi connectivity index (χ0n) is 16.4. The SMILES string of the molecule is COc1ccc(COc2cc(-c3cnn(C)c3CC3CC3)nc(SC)n2)cc1. The van der Waals surface area contributed by atoms with E-state index in [0.717, 1.165) is 34.9 Å². The minimum Gasteiger partial charge on any atom is -0.497 e. The molecule has 1 fully saturated rings. The number of aryl methyl sites for hydroxylation is 1. The Bertz CT molecular complexity index is 952. The molecule has 0 bridgehead atoms. The molecule has 28 heavy (non-hydrogen) atoms. The van der Waals surface area contributed by atoms with Gasteiger partial charge < -0.3 is 9.47 Å². The summed E-state index contributed by atoms with van der Waals surface area (Å²) in [4.78, 5) is 9.22. The Kier molecular flexibility index (Phi) is 5.52. The van der Waals surface area contributed by atoms with Crippen LogP contribution >= 0.6 is 11.8 Å². The van der Waals surface area contributed by atoms with Crippen molar-refractivity contribution in [2.45, 2.75) is 31.0 Å². The molecule has 3 aromatic rings. The molecular formula is C21H24N4O2S. The van der Waals surface area contributed by atoms with Crippen molar-refractivity contribution in [3.8, 4) is 22.9 Å².